The highest BCUT2D eigenvalue weighted by Gasteiger charge is 2.24. The standard InChI is InChI=1S/C15H19BrClNO2/c1-11-8-12(10-13(17)9-11)15(19)18-5-2-14(3-6-18)20-7-4-16/h8-10,14H,2-7H2,1H3. The Labute approximate surface area is 133 Å². The molecule has 0 atom stereocenters. The zero-order valence-electron chi connectivity index (χ0n) is 11.6. The average Bonchev–Trinajstić information content (AvgIpc) is 2.44. The summed E-state index contributed by atoms with van der Waals surface area (Å²) in [5, 5.41) is 1.47. The quantitative estimate of drug-likeness (QED) is 0.767. The molecule has 0 aromatic heterocycles. The van der Waals surface area contributed by atoms with Gasteiger partial charge < -0.3 is 9.64 Å². The van der Waals surface area contributed by atoms with Crippen LogP contribution in [0.25, 0.3) is 0 Å². The molecular weight excluding hydrogens is 342 g/mol. The minimum atomic E-state index is 0.0644. The van der Waals surface area contributed by atoms with Gasteiger partial charge in [-0.25, -0.2) is 0 Å². The third-order valence-electron chi connectivity index (χ3n) is 3.45. The van der Waals surface area contributed by atoms with Crippen LogP contribution in [-0.2, 0) is 4.74 Å². The lowest BCUT2D eigenvalue weighted by Crippen LogP contribution is -2.41. The third-order valence-corrected chi connectivity index (χ3v) is 3.99. The lowest BCUT2D eigenvalue weighted by molar-refractivity contribution is 0.0160. The molecule has 0 radical (unpaired) electrons. The van der Waals surface area contributed by atoms with Gasteiger partial charge in [-0.3, -0.25) is 4.79 Å². The molecular formula is C15H19BrClNO2. The number of carbonyl (C=O) groups is 1. The number of piperidine rings is 1. The van der Waals surface area contributed by atoms with Crippen LogP contribution >= 0.6 is 27.5 Å². The van der Waals surface area contributed by atoms with Gasteiger partial charge in [-0.15, -0.1) is 0 Å². The number of alkyl halides is 1. The van der Waals surface area contributed by atoms with Gasteiger partial charge in [0.2, 0.25) is 0 Å². The Bertz CT molecular complexity index is 453. The molecule has 1 aromatic rings. The van der Waals surface area contributed by atoms with E-state index in [4.69, 9.17) is 16.3 Å². The topological polar surface area (TPSA) is 29.5 Å². The summed E-state index contributed by atoms with van der Waals surface area (Å²) in [6.07, 6.45) is 2.08. The first-order chi connectivity index (χ1) is 9.60. The fourth-order valence-electron chi connectivity index (χ4n) is 2.48. The number of carbonyl (C=O) groups excluding carboxylic acids is 1. The molecule has 0 spiro atoms. The van der Waals surface area contributed by atoms with Gasteiger partial charge in [0.15, 0.2) is 0 Å². The van der Waals surface area contributed by atoms with Gasteiger partial charge in [0, 0.05) is 29.0 Å². The smallest absolute Gasteiger partial charge is 0.253 e. The molecule has 1 aliphatic rings. The van der Waals surface area contributed by atoms with Crippen LogP contribution in [0.5, 0.6) is 0 Å². The van der Waals surface area contributed by atoms with Crippen LogP contribution in [0, 0.1) is 6.92 Å². The molecule has 5 heteroatoms. The molecule has 1 aromatic carbocycles. The Morgan fingerprint density at radius 2 is 2.10 bits per heavy atom. The van der Waals surface area contributed by atoms with E-state index in [-0.39, 0.29) is 12.0 Å². The van der Waals surface area contributed by atoms with E-state index in [0.717, 1.165) is 43.4 Å². The maximum atomic E-state index is 12.4. The van der Waals surface area contributed by atoms with E-state index in [0.29, 0.717) is 10.6 Å². The second kappa shape index (κ2) is 7.43. The number of halogens is 2. The summed E-state index contributed by atoms with van der Waals surface area (Å²) in [4.78, 5) is 14.3. The van der Waals surface area contributed by atoms with E-state index in [1.54, 1.807) is 6.07 Å². The zero-order chi connectivity index (χ0) is 14.5. The van der Waals surface area contributed by atoms with E-state index in [1.807, 2.05) is 24.0 Å². The van der Waals surface area contributed by atoms with Crippen LogP contribution < -0.4 is 0 Å². The summed E-state index contributed by atoms with van der Waals surface area (Å²) in [6.45, 7) is 4.17. The Kier molecular flexibility index (Phi) is 5.87. The van der Waals surface area contributed by atoms with Crippen molar-refractivity contribution in [2.75, 3.05) is 25.0 Å². The fraction of sp³-hybridized carbons (Fsp3) is 0.533. The number of rotatable bonds is 4. The lowest BCUT2D eigenvalue weighted by atomic mass is 10.1. The Balaban J connectivity index is 1.94. The van der Waals surface area contributed by atoms with Crippen molar-refractivity contribution in [3.05, 3.63) is 34.3 Å². The van der Waals surface area contributed by atoms with Crippen LogP contribution in [0.1, 0.15) is 28.8 Å². The summed E-state index contributed by atoms with van der Waals surface area (Å²) in [7, 11) is 0. The molecule has 0 unspecified atom stereocenters. The SMILES string of the molecule is Cc1cc(Cl)cc(C(=O)N2CCC(OCCBr)CC2)c1. The fourth-order valence-corrected chi connectivity index (χ4v) is 2.96. The van der Waals surface area contributed by atoms with Crippen molar-refractivity contribution in [3.63, 3.8) is 0 Å². The molecule has 1 aliphatic heterocycles. The van der Waals surface area contributed by atoms with Crippen molar-refractivity contribution in [1.29, 1.82) is 0 Å². The molecule has 1 fully saturated rings. The first-order valence-electron chi connectivity index (χ1n) is 6.84. The van der Waals surface area contributed by atoms with Crippen LogP contribution in [-0.4, -0.2) is 41.9 Å². The maximum absolute atomic E-state index is 12.4. The molecule has 3 nitrogen and oxygen atoms in total. The molecule has 0 bridgehead atoms. The summed E-state index contributed by atoms with van der Waals surface area (Å²) >= 11 is 9.37. The zero-order valence-corrected chi connectivity index (χ0v) is 13.9. The summed E-state index contributed by atoms with van der Waals surface area (Å²) < 4.78 is 5.70. The predicted octanol–water partition coefficient (Wildman–Crippen LogP) is 3.66. The second-order valence-corrected chi connectivity index (χ2v) is 6.30. The number of nitrogens with zero attached hydrogens (tertiary/aromatic N) is 1. The second-order valence-electron chi connectivity index (χ2n) is 5.07. The molecule has 20 heavy (non-hydrogen) atoms. The van der Waals surface area contributed by atoms with E-state index < -0.39 is 0 Å². The molecule has 2 rings (SSSR count). The van der Waals surface area contributed by atoms with Crippen molar-refractivity contribution in [2.24, 2.45) is 0 Å². The Morgan fingerprint density at radius 1 is 1.40 bits per heavy atom. The summed E-state index contributed by atoms with van der Waals surface area (Å²) in [5.74, 6) is 0.0644. The van der Waals surface area contributed by atoms with Crippen molar-refractivity contribution in [1.82, 2.24) is 4.90 Å². The molecule has 0 N–H and O–H groups in total. The minimum absolute atomic E-state index is 0.0644. The van der Waals surface area contributed by atoms with Gasteiger partial charge in [0.05, 0.1) is 12.7 Å². The minimum Gasteiger partial charge on any atom is -0.377 e. The highest BCUT2D eigenvalue weighted by molar-refractivity contribution is 9.09. The third kappa shape index (κ3) is 4.21. The molecule has 1 saturated heterocycles. The van der Waals surface area contributed by atoms with Gasteiger partial charge in [-0.1, -0.05) is 27.5 Å². The van der Waals surface area contributed by atoms with Crippen molar-refractivity contribution in [2.45, 2.75) is 25.9 Å². The van der Waals surface area contributed by atoms with Crippen molar-refractivity contribution >= 4 is 33.4 Å². The van der Waals surface area contributed by atoms with Crippen molar-refractivity contribution < 1.29 is 9.53 Å². The van der Waals surface area contributed by atoms with E-state index in [9.17, 15) is 4.79 Å². The van der Waals surface area contributed by atoms with E-state index in [1.165, 1.54) is 0 Å². The molecule has 0 saturated carbocycles. The molecule has 0 aliphatic carbocycles. The van der Waals surface area contributed by atoms with Crippen molar-refractivity contribution in [3.8, 4) is 0 Å². The monoisotopic (exact) mass is 359 g/mol. The maximum Gasteiger partial charge on any atom is 0.253 e. The Morgan fingerprint density at radius 3 is 2.70 bits per heavy atom. The number of amides is 1. The van der Waals surface area contributed by atoms with Gasteiger partial charge in [-0.2, -0.15) is 0 Å². The van der Waals surface area contributed by atoms with Gasteiger partial charge in [0.1, 0.15) is 0 Å². The first kappa shape index (κ1) is 15.8. The summed E-state index contributed by atoms with van der Waals surface area (Å²) in [6, 6.07) is 5.49. The lowest BCUT2D eigenvalue weighted by Gasteiger charge is -2.32. The number of ether oxygens (including phenoxy) is 1. The normalized spacial score (nSPS) is 16.4. The van der Waals surface area contributed by atoms with Crippen LogP contribution in [0.2, 0.25) is 5.02 Å². The largest absolute Gasteiger partial charge is 0.377 e. The van der Waals surface area contributed by atoms with Gasteiger partial charge >= 0.3 is 0 Å². The number of hydrogen-bond acceptors (Lipinski definition) is 2. The van der Waals surface area contributed by atoms with Gasteiger partial charge in [-0.05, 0) is 43.5 Å². The number of aryl methyl sites for hydroxylation is 1. The number of likely N-dealkylation sites (tertiary alicyclic amines) is 1. The van der Waals surface area contributed by atoms with Crippen LogP contribution in [0.15, 0.2) is 18.2 Å². The summed E-state index contributed by atoms with van der Waals surface area (Å²) in [5.41, 5.74) is 1.69. The van der Waals surface area contributed by atoms with Crippen LogP contribution in [0.3, 0.4) is 0 Å². The first-order valence-corrected chi connectivity index (χ1v) is 8.34. The van der Waals surface area contributed by atoms with Crippen LogP contribution in [0.4, 0.5) is 0 Å². The number of hydrogen-bond donors (Lipinski definition) is 0. The average molecular weight is 361 g/mol. The highest BCUT2D eigenvalue weighted by Crippen LogP contribution is 2.19. The molecule has 1 amide bonds. The number of benzene rings is 1. The predicted molar refractivity (Wildman–Crippen MR) is 84.9 cm³/mol. The van der Waals surface area contributed by atoms with E-state index >= 15 is 0 Å². The van der Waals surface area contributed by atoms with Gasteiger partial charge in [0.25, 0.3) is 5.91 Å². The molecule has 1 heterocycles. The van der Waals surface area contributed by atoms with E-state index in [2.05, 4.69) is 15.9 Å². The highest BCUT2D eigenvalue weighted by atomic mass is 79.9. The Hall–Kier alpha value is -0.580. The molecule has 110 valence electrons.